The Morgan fingerprint density at radius 3 is 1.86 bits per heavy atom. The van der Waals surface area contributed by atoms with Crippen molar-refractivity contribution in [2.75, 3.05) is 13.2 Å². The molecule has 0 saturated carbocycles. The summed E-state index contributed by atoms with van der Waals surface area (Å²) >= 11 is 0. The Labute approximate surface area is 171 Å². The van der Waals surface area contributed by atoms with Crippen molar-refractivity contribution < 1.29 is 14.3 Å². The summed E-state index contributed by atoms with van der Waals surface area (Å²) in [7, 11) is 0. The van der Waals surface area contributed by atoms with Crippen LogP contribution in [0, 0.1) is 0 Å². The van der Waals surface area contributed by atoms with Crippen molar-refractivity contribution in [3.8, 4) is 5.75 Å². The van der Waals surface area contributed by atoms with Gasteiger partial charge in [0.2, 0.25) is 0 Å². The summed E-state index contributed by atoms with van der Waals surface area (Å²) < 4.78 is 10.3. The van der Waals surface area contributed by atoms with E-state index in [2.05, 4.69) is 72.3 Å². The zero-order chi connectivity index (χ0) is 20.5. The molecule has 2 N–H and O–H groups in total. The van der Waals surface area contributed by atoms with Gasteiger partial charge in [-0.3, -0.25) is 0 Å². The zero-order valence-electron chi connectivity index (χ0n) is 16.5. The lowest BCUT2D eigenvalue weighted by Crippen LogP contribution is -2.17. The van der Waals surface area contributed by atoms with E-state index in [1.807, 2.05) is 24.3 Å². The van der Waals surface area contributed by atoms with E-state index < -0.39 is 6.09 Å². The zero-order valence-corrected chi connectivity index (χ0v) is 16.5. The first-order valence-electron chi connectivity index (χ1n) is 9.68. The largest absolute Gasteiger partial charge is 0.490 e. The molecule has 0 unspecified atom stereocenters. The average Bonchev–Trinajstić information content (AvgIpc) is 2.76. The summed E-state index contributed by atoms with van der Waals surface area (Å²) in [6, 6.07) is 28.9. The van der Waals surface area contributed by atoms with Crippen LogP contribution in [0.3, 0.4) is 0 Å². The lowest BCUT2D eigenvalue weighted by Gasteiger charge is -2.17. The number of hydrogen-bond acceptors (Lipinski definition) is 3. The monoisotopic (exact) mass is 387 g/mol. The number of nitrogens with two attached hydrogens (primary N) is 1. The van der Waals surface area contributed by atoms with Gasteiger partial charge < -0.3 is 15.2 Å². The first-order chi connectivity index (χ1) is 14.2. The molecule has 0 heterocycles. The van der Waals surface area contributed by atoms with Crippen LogP contribution in [-0.2, 0) is 4.74 Å². The maximum Gasteiger partial charge on any atom is 0.404 e. The van der Waals surface area contributed by atoms with E-state index in [1.54, 1.807) is 0 Å². The van der Waals surface area contributed by atoms with Crippen molar-refractivity contribution >= 4 is 17.2 Å². The molecule has 3 aromatic carbocycles. The molecule has 0 aromatic heterocycles. The summed E-state index contributed by atoms with van der Waals surface area (Å²) in [6.07, 6.45) is 0.117. The first kappa shape index (κ1) is 20.2. The number of hydrogen-bond donors (Lipinski definition) is 1. The Kier molecular flexibility index (Phi) is 7.06. The normalized spacial score (nSPS) is 11.5. The first-order valence-corrected chi connectivity index (χ1v) is 9.68. The second kappa shape index (κ2) is 10.1. The minimum absolute atomic E-state index is 0.125. The number of allylic oxidation sites excluding steroid dienone is 1. The Balaban J connectivity index is 1.93. The van der Waals surface area contributed by atoms with Gasteiger partial charge in [0.25, 0.3) is 0 Å². The van der Waals surface area contributed by atoms with E-state index in [4.69, 9.17) is 10.5 Å². The third kappa shape index (κ3) is 5.48. The molecule has 1 amide bonds. The minimum atomic E-state index is -0.797. The SMILES string of the molecule is CCC(=C(c1ccccc1)c1ccc(OCCOC(N)=O)cc1)c1ccccc1. The summed E-state index contributed by atoms with van der Waals surface area (Å²) in [6.45, 7) is 2.57. The Hall–Kier alpha value is -3.53. The number of carbonyl (C=O) groups is 1. The molecular formula is C25H25NO3. The maximum atomic E-state index is 10.6. The van der Waals surface area contributed by atoms with Crippen LogP contribution in [0.25, 0.3) is 11.1 Å². The molecule has 148 valence electrons. The van der Waals surface area contributed by atoms with Crippen molar-refractivity contribution in [2.45, 2.75) is 13.3 Å². The third-order valence-electron chi connectivity index (χ3n) is 4.58. The Morgan fingerprint density at radius 1 is 0.759 bits per heavy atom. The number of benzene rings is 3. The van der Waals surface area contributed by atoms with Crippen LogP contribution in [0.1, 0.15) is 30.0 Å². The van der Waals surface area contributed by atoms with E-state index in [0.717, 1.165) is 12.0 Å². The summed E-state index contributed by atoms with van der Waals surface area (Å²) in [5.41, 5.74) is 11.0. The molecule has 0 aliphatic heterocycles. The van der Waals surface area contributed by atoms with Crippen molar-refractivity contribution in [3.63, 3.8) is 0 Å². The van der Waals surface area contributed by atoms with Gasteiger partial charge >= 0.3 is 6.09 Å². The van der Waals surface area contributed by atoms with Gasteiger partial charge in [0.1, 0.15) is 19.0 Å². The lowest BCUT2D eigenvalue weighted by molar-refractivity contribution is 0.134. The molecule has 0 radical (unpaired) electrons. The van der Waals surface area contributed by atoms with Crippen LogP contribution in [0.2, 0.25) is 0 Å². The summed E-state index contributed by atoms with van der Waals surface area (Å²) in [5, 5.41) is 0. The fourth-order valence-electron chi connectivity index (χ4n) is 3.30. The summed E-state index contributed by atoms with van der Waals surface area (Å²) in [4.78, 5) is 10.6. The topological polar surface area (TPSA) is 61.6 Å². The fourth-order valence-corrected chi connectivity index (χ4v) is 3.30. The van der Waals surface area contributed by atoms with Gasteiger partial charge in [0.15, 0.2) is 0 Å². The smallest absolute Gasteiger partial charge is 0.404 e. The molecule has 3 rings (SSSR count). The molecule has 0 aliphatic carbocycles. The van der Waals surface area contributed by atoms with Crippen LogP contribution in [0.5, 0.6) is 5.75 Å². The van der Waals surface area contributed by atoms with Crippen molar-refractivity contribution in [1.82, 2.24) is 0 Å². The predicted octanol–water partition coefficient (Wildman–Crippen LogP) is 5.53. The molecule has 0 saturated heterocycles. The van der Waals surface area contributed by atoms with Crippen molar-refractivity contribution in [2.24, 2.45) is 5.73 Å². The van der Waals surface area contributed by atoms with Crippen molar-refractivity contribution in [3.05, 3.63) is 102 Å². The van der Waals surface area contributed by atoms with Crippen LogP contribution >= 0.6 is 0 Å². The molecular weight excluding hydrogens is 362 g/mol. The average molecular weight is 387 g/mol. The quantitative estimate of drug-likeness (QED) is 0.408. The predicted molar refractivity (Wildman–Crippen MR) is 117 cm³/mol. The van der Waals surface area contributed by atoms with E-state index in [1.165, 1.54) is 22.3 Å². The number of amides is 1. The van der Waals surface area contributed by atoms with Crippen LogP contribution in [-0.4, -0.2) is 19.3 Å². The molecule has 4 heteroatoms. The highest BCUT2D eigenvalue weighted by Gasteiger charge is 2.13. The van der Waals surface area contributed by atoms with Crippen molar-refractivity contribution in [1.29, 1.82) is 0 Å². The molecule has 4 nitrogen and oxygen atoms in total. The van der Waals surface area contributed by atoms with E-state index in [9.17, 15) is 4.79 Å². The van der Waals surface area contributed by atoms with E-state index in [0.29, 0.717) is 5.75 Å². The molecule has 0 bridgehead atoms. The molecule has 3 aromatic rings. The number of carbonyl (C=O) groups excluding carboxylic acids is 1. The third-order valence-corrected chi connectivity index (χ3v) is 4.58. The molecule has 0 aliphatic rings. The molecule has 0 atom stereocenters. The molecule has 0 spiro atoms. The Bertz CT molecular complexity index is 948. The standard InChI is InChI=1S/C25H25NO3/c1-2-23(19-9-5-3-6-10-19)24(20-11-7-4-8-12-20)21-13-15-22(16-14-21)28-17-18-29-25(26)27/h3-16H,2,17-18H2,1H3,(H2,26,27). The second-order valence-electron chi connectivity index (χ2n) is 6.48. The molecule has 29 heavy (non-hydrogen) atoms. The van der Waals surface area contributed by atoms with Gasteiger partial charge in [-0.2, -0.15) is 0 Å². The van der Waals surface area contributed by atoms with E-state index in [-0.39, 0.29) is 13.2 Å². The lowest BCUT2D eigenvalue weighted by atomic mass is 9.88. The maximum absolute atomic E-state index is 10.6. The van der Waals surface area contributed by atoms with Crippen LogP contribution in [0.4, 0.5) is 4.79 Å². The second-order valence-corrected chi connectivity index (χ2v) is 6.48. The highest BCUT2D eigenvalue weighted by atomic mass is 16.6. The van der Waals surface area contributed by atoms with Gasteiger partial charge in [-0.15, -0.1) is 0 Å². The van der Waals surface area contributed by atoms with E-state index >= 15 is 0 Å². The number of rotatable bonds is 8. The van der Waals surface area contributed by atoms with Gasteiger partial charge in [-0.1, -0.05) is 79.7 Å². The van der Waals surface area contributed by atoms with Gasteiger partial charge in [-0.25, -0.2) is 4.79 Å². The highest BCUT2D eigenvalue weighted by molar-refractivity contribution is 5.98. The highest BCUT2D eigenvalue weighted by Crippen LogP contribution is 2.34. The number of ether oxygens (including phenoxy) is 2. The van der Waals surface area contributed by atoms with Gasteiger partial charge in [0, 0.05) is 0 Å². The van der Waals surface area contributed by atoms with Gasteiger partial charge in [-0.05, 0) is 46.4 Å². The molecule has 0 fully saturated rings. The fraction of sp³-hybridized carbons (Fsp3) is 0.160. The summed E-state index contributed by atoms with van der Waals surface area (Å²) in [5.74, 6) is 0.715. The number of primary amides is 1. The minimum Gasteiger partial charge on any atom is -0.490 e. The van der Waals surface area contributed by atoms with Gasteiger partial charge in [0.05, 0.1) is 0 Å². The van der Waals surface area contributed by atoms with Crippen LogP contribution < -0.4 is 10.5 Å². The van der Waals surface area contributed by atoms with Crippen LogP contribution in [0.15, 0.2) is 84.9 Å². The Morgan fingerprint density at radius 2 is 1.31 bits per heavy atom.